The van der Waals surface area contributed by atoms with E-state index in [0.717, 1.165) is 82.5 Å². The van der Waals surface area contributed by atoms with Crippen molar-refractivity contribution in [2.24, 2.45) is 0 Å². The molecule has 0 radical (unpaired) electrons. The summed E-state index contributed by atoms with van der Waals surface area (Å²) in [6, 6.07) is 51.4. The molecule has 0 atom stereocenters. The van der Waals surface area contributed by atoms with Crippen molar-refractivity contribution < 1.29 is 8.83 Å². The van der Waals surface area contributed by atoms with Gasteiger partial charge in [-0.3, -0.25) is 0 Å². The normalized spacial score (nSPS) is 11.8. The molecule has 10 rings (SSSR count). The second-order valence-electron chi connectivity index (χ2n) is 11.9. The van der Waals surface area contributed by atoms with Crippen molar-refractivity contribution in [3.05, 3.63) is 152 Å². The number of rotatable bonds is 4. The highest BCUT2D eigenvalue weighted by Gasteiger charge is 2.22. The van der Waals surface area contributed by atoms with Gasteiger partial charge in [0.1, 0.15) is 22.3 Å². The van der Waals surface area contributed by atoms with Gasteiger partial charge < -0.3 is 8.83 Å². The molecule has 224 valence electrons. The topological polar surface area (TPSA) is 65.0 Å². The van der Waals surface area contributed by atoms with Crippen LogP contribution in [0.2, 0.25) is 0 Å². The predicted octanol–water partition coefficient (Wildman–Crippen LogP) is 11.5. The maximum Gasteiger partial charge on any atom is 0.164 e. The molecule has 0 unspecified atom stereocenters. The van der Waals surface area contributed by atoms with E-state index in [1.807, 2.05) is 78.9 Å². The molecule has 0 aliphatic carbocycles. The Kier molecular flexibility index (Phi) is 5.81. The molecular formula is C43H25N3O2. The van der Waals surface area contributed by atoms with Crippen LogP contribution in [0, 0.1) is 0 Å². The van der Waals surface area contributed by atoms with Crippen LogP contribution >= 0.6 is 0 Å². The molecule has 0 saturated carbocycles. The first-order valence-corrected chi connectivity index (χ1v) is 15.9. The van der Waals surface area contributed by atoms with Crippen molar-refractivity contribution in [1.82, 2.24) is 15.0 Å². The van der Waals surface area contributed by atoms with Gasteiger partial charge in [0.15, 0.2) is 17.5 Å². The summed E-state index contributed by atoms with van der Waals surface area (Å²) in [7, 11) is 0. The predicted molar refractivity (Wildman–Crippen MR) is 194 cm³/mol. The minimum Gasteiger partial charge on any atom is -0.455 e. The van der Waals surface area contributed by atoms with Gasteiger partial charge in [-0.2, -0.15) is 0 Å². The maximum atomic E-state index is 6.65. The molecule has 0 N–H and O–H groups in total. The van der Waals surface area contributed by atoms with E-state index in [4.69, 9.17) is 23.8 Å². The molecule has 0 bridgehead atoms. The lowest BCUT2D eigenvalue weighted by Gasteiger charge is -2.09. The Morgan fingerprint density at radius 1 is 0.312 bits per heavy atom. The van der Waals surface area contributed by atoms with Crippen LogP contribution in [-0.4, -0.2) is 15.0 Å². The first-order valence-electron chi connectivity index (χ1n) is 15.9. The van der Waals surface area contributed by atoms with Gasteiger partial charge in [-0.1, -0.05) is 140 Å². The first-order chi connectivity index (χ1) is 23.8. The van der Waals surface area contributed by atoms with Gasteiger partial charge in [0, 0.05) is 38.2 Å². The highest BCUT2D eigenvalue weighted by molar-refractivity contribution is 6.34. The lowest BCUT2D eigenvalue weighted by molar-refractivity contribution is 0.665. The molecule has 0 saturated heterocycles. The Hall–Kier alpha value is -6.59. The van der Waals surface area contributed by atoms with Gasteiger partial charge in [-0.15, -0.1) is 0 Å². The van der Waals surface area contributed by atoms with Gasteiger partial charge in [0.25, 0.3) is 0 Å². The SMILES string of the molecule is c1ccc(-c2nc(-c3ccccc3)nc(-c3ccc(-c4cccc5oc6c7ccccc7c7c8ccccc8oc7c6c45)cc3)n2)cc1. The molecule has 5 heteroatoms. The van der Waals surface area contributed by atoms with Crippen molar-refractivity contribution in [2.75, 3.05) is 0 Å². The van der Waals surface area contributed by atoms with Crippen molar-refractivity contribution in [3.63, 3.8) is 0 Å². The number of nitrogens with zero attached hydrogens (tertiary/aromatic N) is 3. The van der Waals surface area contributed by atoms with Crippen molar-refractivity contribution >= 4 is 54.6 Å². The number of hydrogen-bond acceptors (Lipinski definition) is 5. The Morgan fingerprint density at radius 2 is 0.812 bits per heavy atom. The minimum atomic E-state index is 0.622. The number of hydrogen-bond donors (Lipinski definition) is 0. The molecule has 0 aliphatic rings. The number of furan rings is 2. The Bertz CT molecular complexity index is 2760. The van der Waals surface area contributed by atoms with E-state index in [0.29, 0.717) is 17.5 Å². The van der Waals surface area contributed by atoms with Crippen LogP contribution in [0.5, 0.6) is 0 Å². The summed E-state index contributed by atoms with van der Waals surface area (Å²) >= 11 is 0. The van der Waals surface area contributed by atoms with E-state index in [2.05, 4.69) is 72.8 Å². The van der Waals surface area contributed by atoms with Crippen LogP contribution < -0.4 is 0 Å². The smallest absolute Gasteiger partial charge is 0.164 e. The zero-order valence-corrected chi connectivity index (χ0v) is 25.6. The zero-order chi connectivity index (χ0) is 31.6. The molecule has 3 heterocycles. The van der Waals surface area contributed by atoms with Crippen LogP contribution in [-0.2, 0) is 0 Å². The van der Waals surface area contributed by atoms with Gasteiger partial charge >= 0.3 is 0 Å². The van der Waals surface area contributed by atoms with Crippen LogP contribution in [0.4, 0.5) is 0 Å². The summed E-state index contributed by atoms with van der Waals surface area (Å²) in [6.07, 6.45) is 0. The third kappa shape index (κ3) is 4.08. The molecule has 0 fully saturated rings. The van der Waals surface area contributed by atoms with Crippen molar-refractivity contribution in [2.45, 2.75) is 0 Å². The number of aromatic nitrogens is 3. The van der Waals surface area contributed by atoms with Gasteiger partial charge in [0.05, 0.1) is 5.39 Å². The van der Waals surface area contributed by atoms with Crippen molar-refractivity contribution in [3.8, 4) is 45.3 Å². The lowest BCUT2D eigenvalue weighted by Crippen LogP contribution is -2.00. The second-order valence-corrected chi connectivity index (χ2v) is 11.9. The van der Waals surface area contributed by atoms with Gasteiger partial charge in [0.2, 0.25) is 0 Å². The third-order valence-electron chi connectivity index (χ3n) is 9.13. The first kappa shape index (κ1) is 26.6. The highest BCUT2D eigenvalue weighted by Crippen LogP contribution is 2.47. The molecule has 48 heavy (non-hydrogen) atoms. The van der Waals surface area contributed by atoms with E-state index in [1.54, 1.807) is 0 Å². The molecular weight excluding hydrogens is 590 g/mol. The zero-order valence-electron chi connectivity index (χ0n) is 25.6. The number of benzene rings is 7. The summed E-state index contributed by atoms with van der Waals surface area (Å²) < 4.78 is 13.3. The highest BCUT2D eigenvalue weighted by atomic mass is 16.3. The molecule has 0 amide bonds. The molecule has 10 aromatic rings. The largest absolute Gasteiger partial charge is 0.455 e. The Labute approximate surface area is 274 Å². The molecule has 3 aromatic heterocycles. The van der Waals surface area contributed by atoms with Gasteiger partial charge in [-0.05, 0) is 28.6 Å². The molecule has 7 aromatic carbocycles. The lowest BCUT2D eigenvalue weighted by atomic mass is 9.95. The molecule has 0 aliphatic heterocycles. The number of para-hydroxylation sites is 1. The fourth-order valence-electron chi connectivity index (χ4n) is 6.92. The van der Waals surface area contributed by atoms with Gasteiger partial charge in [-0.25, -0.2) is 15.0 Å². The second kappa shape index (κ2) is 10.5. The van der Waals surface area contributed by atoms with E-state index >= 15 is 0 Å². The average molecular weight is 616 g/mol. The fraction of sp³-hybridized carbons (Fsp3) is 0. The van der Waals surface area contributed by atoms with E-state index < -0.39 is 0 Å². The van der Waals surface area contributed by atoms with Crippen LogP contribution in [0.15, 0.2) is 160 Å². The summed E-state index contributed by atoms with van der Waals surface area (Å²) in [5.41, 5.74) is 8.29. The molecule has 0 spiro atoms. The van der Waals surface area contributed by atoms with E-state index in [-0.39, 0.29) is 0 Å². The summed E-state index contributed by atoms with van der Waals surface area (Å²) in [5.74, 6) is 1.90. The quantitative estimate of drug-likeness (QED) is 0.197. The summed E-state index contributed by atoms with van der Waals surface area (Å²) in [5, 5.41) is 6.43. The van der Waals surface area contributed by atoms with Crippen molar-refractivity contribution in [1.29, 1.82) is 0 Å². The Balaban J connectivity index is 1.17. The molecule has 5 nitrogen and oxygen atoms in total. The summed E-state index contributed by atoms with van der Waals surface area (Å²) in [4.78, 5) is 14.7. The standard InChI is InChI=1S/C43H25N3O2/c1-3-12-27(13-4-1)41-44-42(28-14-5-2-6-15-28)46-43(45-41)29-24-22-26(23-25-29)30-19-11-21-35-37(30)38-39(48-35)32-17-8-7-16-31(32)36-33-18-9-10-20-34(33)47-40(36)38/h1-25H. The maximum absolute atomic E-state index is 6.65. The van der Waals surface area contributed by atoms with E-state index in [9.17, 15) is 0 Å². The van der Waals surface area contributed by atoms with Crippen LogP contribution in [0.25, 0.3) is 99.9 Å². The van der Waals surface area contributed by atoms with Crippen LogP contribution in [0.3, 0.4) is 0 Å². The third-order valence-corrected chi connectivity index (χ3v) is 9.13. The van der Waals surface area contributed by atoms with Crippen LogP contribution in [0.1, 0.15) is 0 Å². The number of fused-ring (bicyclic) bond motifs is 10. The average Bonchev–Trinajstić information content (AvgIpc) is 3.75. The minimum absolute atomic E-state index is 0.622. The van der Waals surface area contributed by atoms with E-state index in [1.165, 1.54) is 0 Å². The fourth-order valence-corrected chi connectivity index (χ4v) is 6.92. The Morgan fingerprint density at radius 3 is 1.48 bits per heavy atom. The summed E-state index contributed by atoms with van der Waals surface area (Å²) in [6.45, 7) is 0. The monoisotopic (exact) mass is 615 g/mol.